The van der Waals surface area contributed by atoms with E-state index in [1.54, 1.807) is 10.9 Å². The predicted octanol–water partition coefficient (Wildman–Crippen LogP) is 1.37. The summed E-state index contributed by atoms with van der Waals surface area (Å²) in [6.07, 6.45) is 2.53. The highest BCUT2D eigenvalue weighted by atomic mass is 15.4. The Hall–Kier alpha value is -1.68. The van der Waals surface area contributed by atoms with Gasteiger partial charge in [0.2, 0.25) is 0 Å². The van der Waals surface area contributed by atoms with Crippen LogP contribution in [0.2, 0.25) is 0 Å². The standard InChI is InChI=1S/C12H16N4/c1-9-3-5-10(6-4-9)7-11(13)12-8-14-15-16(12)2/h3-6,8,11H,7,13H2,1-2H3. The fourth-order valence-corrected chi connectivity index (χ4v) is 1.72. The maximum absolute atomic E-state index is 6.11. The van der Waals surface area contributed by atoms with Crippen LogP contribution in [0.4, 0.5) is 0 Å². The molecule has 0 fully saturated rings. The van der Waals surface area contributed by atoms with Crippen molar-refractivity contribution in [2.45, 2.75) is 19.4 Å². The maximum Gasteiger partial charge on any atom is 0.0754 e. The average Bonchev–Trinajstić information content (AvgIpc) is 2.68. The third-order valence-electron chi connectivity index (χ3n) is 2.71. The first kappa shape index (κ1) is 10.8. The number of rotatable bonds is 3. The molecule has 0 aliphatic heterocycles. The minimum Gasteiger partial charge on any atom is -0.322 e. The second kappa shape index (κ2) is 4.45. The molecular weight excluding hydrogens is 200 g/mol. The van der Waals surface area contributed by atoms with Gasteiger partial charge in [-0.3, -0.25) is 4.68 Å². The zero-order chi connectivity index (χ0) is 11.5. The lowest BCUT2D eigenvalue weighted by Crippen LogP contribution is -2.17. The summed E-state index contributed by atoms with van der Waals surface area (Å²) >= 11 is 0. The Morgan fingerprint density at radius 2 is 2.00 bits per heavy atom. The number of nitrogens with two attached hydrogens (primary N) is 1. The molecule has 2 N–H and O–H groups in total. The van der Waals surface area contributed by atoms with Crippen molar-refractivity contribution in [1.82, 2.24) is 15.0 Å². The summed E-state index contributed by atoms with van der Waals surface area (Å²) in [7, 11) is 1.86. The Morgan fingerprint density at radius 3 is 2.56 bits per heavy atom. The van der Waals surface area contributed by atoms with Crippen molar-refractivity contribution in [3.8, 4) is 0 Å². The van der Waals surface area contributed by atoms with Gasteiger partial charge in [0.1, 0.15) is 0 Å². The minimum absolute atomic E-state index is 0.0530. The van der Waals surface area contributed by atoms with Gasteiger partial charge in [-0.2, -0.15) is 0 Å². The summed E-state index contributed by atoms with van der Waals surface area (Å²) in [5, 5.41) is 7.71. The van der Waals surface area contributed by atoms with Crippen LogP contribution in [0.3, 0.4) is 0 Å². The largest absolute Gasteiger partial charge is 0.322 e. The molecule has 0 aliphatic rings. The molecule has 16 heavy (non-hydrogen) atoms. The number of nitrogens with zero attached hydrogens (tertiary/aromatic N) is 3. The van der Waals surface area contributed by atoms with E-state index in [4.69, 9.17) is 5.73 Å². The Balaban J connectivity index is 2.10. The van der Waals surface area contributed by atoms with Crippen LogP contribution in [0, 0.1) is 6.92 Å². The molecule has 0 amide bonds. The second-order valence-corrected chi connectivity index (χ2v) is 4.08. The zero-order valence-corrected chi connectivity index (χ0v) is 9.59. The molecule has 2 aromatic rings. The summed E-state index contributed by atoms with van der Waals surface area (Å²) in [4.78, 5) is 0. The molecule has 0 bridgehead atoms. The Kier molecular flexibility index (Phi) is 3.01. The molecule has 1 heterocycles. The second-order valence-electron chi connectivity index (χ2n) is 4.08. The highest BCUT2D eigenvalue weighted by Gasteiger charge is 2.11. The average molecular weight is 216 g/mol. The summed E-state index contributed by atoms with van der Waals surface area (Å²) in [5.41, 5.74) is 9.57. The monoisotopic (exact) mass is 216 g/mol. The Morgan fingerprint density at radius 1 is 1.31 bits per heavy atom. The van der Waals surface area contributed by atoms with Gasteiger partial charge in [0.15, 0.2) is 0 Å². The van der Waals surface area contributed by atoms with Gasteiger partial charge < -0.3 is 5.73 Å². The van der Waals surface area contributed by atoms with Crippen LogP contribution in [0.25, 0.3) is 0 Å². The fraction of sp³-hybridized carbons (Fsp3) is 0.333. The molecule has 84 valence electrons. The van der Waals surface area contributed by atoms with Gasteiger partial charge in [-0.25, -0.2) is 0 Å². The SMILES string of the molecule is Cc1ccc(CC(N)c2cnnn2C)cc1. The molecular formula is C12H16N4. The third kappa shape index (κ3) is 2.28. The van der Waals surface area contributed by atoms with Crippen LogP contribution in [0.5, 0.6) is 0 Å². The van der Waals surface area contributed by atoms with E-state index in [0.717, 1.165) is 12.1 Å². The van der Waals surface area contributed by atoms with Gasteiger partial charge in [-0.1, -0.05) is 35.0 Å². The van der Waals surface area contributed by atoms with Gasteiger partial charge in [-0.15, -0.1) is 5.10 Å². The molecule has 1 atom stereocenters. The van der Waals surface area contributed by atoms with E-state index in [0.29, 0.717) is 0 Å². The van der Waals surface area contributed by atoms with Crippen molar-refractivity contribution in [3.63, 3.8) is 0 Å². The quantitative estimate of drug-likeness (QED) is 0.843. The van der Waals surface area contributed by atoms with E-state index in [9.17, 15) is 0 Å². The summed E-state index contributed by atoms with van der Waals surface area (Å²) in [5.74, 6) is 0. The van der Waals surface area contributed by atoms with Crippen LogP contribution in [0.15, 0.2) is 30.5 Å². The van der Waals surface area contributed by atoms with Gasteiger partial charge in [0, 0.05) is 7.05 Å². The van der Waals surface area contributed by atoms with Crippen LogP contribution in [0.1, 0.15) is 22.9 Å². The lowest BCUT2D eigenvalue weighted by atomic mass is 10.0. The van der Waals surface area contributed by atoms with Crippen LogP contribution in [-0.2, 0) is 13.5 Å². The first-order valence-electron chi connectivity index (χ1n) is 5.32. The van der Waals surface area contributed by atoms with Gasteiger partial charge in [0.25, 0.3) is 0 Å². The number of benzene rings is 1. The van der Waals surface area contributed by atoms with E-state index in [2.05, 4.69) is 41.5 Å². The van der Waals surface area contributed by atoms with Crippen molar-refractivity contribution in [2.24, 2.45) is 12.8 Å². The molecule has 0 aliphatic carbocycles. The first-order chi connectivity index (χ1) is 7.66. The van der Waals surface area contributed by atoms with Crippen molar-refractivity contribution in [3.05, 3.63) is 47.3 Å². The molecule has 1 unspecified atom stereocenters. The third-order valence-corrected chi connectivity index (χ3v) is 2.71. The maximum atomic E-state index is 6.11. The van der Waals surface area contributed by atoms with Crippen LogP contribution in [-0.4, -0.2) is 15.0 Å². The van der Waals surface area contributed by atoms with Gasteiger partial charge >= 0.3 is 0 Å². The molecule has 4 heteroatoms. The lowest BCUT2D eigenvalue weighted by molar-refractivity contribution is 0.607. The molecule has 1 aromatic carbocycles. The molecule has 0 saturated heterocycles. The van der Waals surface area contributed by atoms with Gasteiger partial charge in [-0.05, 0) is 18.9 Å². The van der Waals surface area contributed by atoms with E-state index in [-0.39, 0.29) is 6.04 Å². The number of aryl methyl sites for hydroxylation is 2. The highest BCUT2D eigenvalue weighted by molar-refractivity contribution is 5.23. The normalized spacial score (nSPS) is 12.7. The number of aromatic nitrogens is 3. The van der Waals surface area contributed by atoms with E-state index >= 15 is 0 Å². The number of hydrogen-bond donors (Lipinski definition) is 1. The summed E-state index contributed by atoms with van der Waals surface area (Å²) < 4.78 is 1.72. The molecule has 2 rings (SSSR count). The van der Waals surface area contributed by atoms with E-state index < -0.39 is 0 Å². The van der Waals surface area contributed by atoms with Crippen molar-refractivity contribution in [1.29, 1.82) is 0 Å². The number of hydrogen-bond acceptors (Lipinski definition) is 3. The molecule has 0 spiro atoms. The van der Waals surface area contributed by atoms with Gasteiger partial charge in [0.05, 0.1) is 17.9 Å². The van der Waals surface area contributed by atoms with Crippen LogP contribution < -0.4 is 5.73 Å². The summed E-state index contributed by atoms with van der Waals surface area (Å²) in [6, 6.07) is 8.37. The first-order valence-corrected chi connectivity index (χ1v) is 5.32. The van der Waals surface area contributed by atoms with Crippen molar-refractivity contribution < 1.29 is 0 Å². The molecule has 0 radical (unpaired) electrons. The lowest BCUT2D eigenvalue weighted by Gasteiger charge is -2.11. The highest BCUT2D eigenvalue weighted by Crippen LogP contribution is 2.14. The van der Waals surface area contributed by atoms with E-state index in [1.807, 2.05) is 7.05 Å². The van der Waals surface area contributed by atoms with E-state index in [1.165, 1.54) is 11.1 Å². The molecule has 0 saturated carbocycles. The van der Waals surface area contributed by atoms with Crippen molar-refractivity contribution in [2.75, 3.05) is 0 Å². The Labute approximate surface area is 95.1 Å². The Bertz CT molecular complexity index is 458. The topological polar surface area (TPSA) is 56.7 Å². The zero-order valence-electron chi connectivity index (χ0n) is 9.59. The minimum atomic E-state index is -0.0530. The van der Waals surface area contributed by atoms with Crippen LogP contribution >= 0.6 is 0 Å². The summed E-state index contributed by atoms with van der Waals surface area (Å²) in [6.45, 7) is 2.08. The van der Waals surface area contributed by atoms with Crippen molar-refractivity contribution >= 4 is 0 Å². The smallest absolute Gasteiger partial charge is 0.0754 e. The fourth-order valence-electron chi connectivity index (χ4n) is 1.72. The molecule has 1 aromatic heterocycles. The predicted molar refractivity (Wildman–Crippen MR) is 62.8 cm³/mol. The molecule has 4 nitrogen and oxygen atoms in total.